The summed E-state index contributed by atoms with van der Waals surface area (Å²) in [6, 6.07) is 3.67. The number of aryl methyl sites for hydroxylation is 1. The quantitative estimate of drug-likeness (QED) is 0.457. The summed E-state index contributed by atoms with van der Waals surface area (Å²) < 4.78 is 26.6. The number of aromatic nitrogens is 1. The minimum atomic E-state index is -3.13. The van der Waals surface area contributed by atoms with Crippen LogP contribution in [0.2, 0.25) is 0 Å². The average molecular weight is 354 g/mol. The highest BCUT2D eigenvalue weighted by molar-refractivity contribution is 14.1. The van der Waals surface area contributed by atoms with Gasteiger partial charge in [-0.1, -0.05) is 22.6 Å². The molecule has 0 bridgehead atoms. The molecule has 16 heavy (non-hydrogen) atoms. The lowest BCUT2D eigenvalue weighted by Crippen LogP contribution is -2.28. The van der Waals surface area contributed by atoms with Crippen LogP contribution in [0.5, 0.6) is 0 Å². The molecule has 1 aromatic heterocycles. The van der Waals surface area contributed by atoms with Crippen molar-refractivity contribution in [2.45, 2.75) is 12.8 Å². The van der Waals surface area contributed by atoms with Gasteiger partial charge in [0.05, 0.1) is 5.75 Å². The van der Waals surface area contributed by atoms with E-state index in [0.717, 1.165) is 16.4 Å². The number of nitrogens with one attached hydrogen (secondary N) is 1. The van der Waals surface area contributed by atoms with E-state index in [2.05, 4.69) is 32.3 Å². The van der Waals surface area contributed by atoms with Gasteiger partial charge in [-0.2, -0.15) is 0 Å². The van der Waals surface area contributed by atoms with E-state index < -0.39 is 10.0 Å². The maximum absolute atomic E-state index is 11.5. The molecule has 1 aromatic rings. The summed E-state index contributed by atoms with van der Waals surface area (Å²) >= 11 is 2.23. The molecule has 1 heterocycles. The molecule has 1 N–H and O–H groups in total. The molecule has 0 radical (unpaired) electrons. The zero-order valence-electron chi connectivity index (χ0n) is 8.89. The number of halogens is 1. The summed E-state index contributed by atoms with van der Waals surface area (Å²) in [7, 11) is -3.13. The minimum absolute atomic E-state index is 0.137. The summed E-state index contributed by atoms with van der Waals surface area (Å²) in [4.78, 5) is 3.88. The highest BCUT2D eigenvalue weighted by Crippen LogP contribution is 2.00. The van der Waals surface area contributed by atoms with Crippen LogP contribution in [-0.4, -0.2) is 30.1 Å². The Balaban J connectivity index is 2.36. The van der Waals surface area contributed by atoms with Gasteiger partial charge in [-0.25, -0.2) is 13.1 Å². The Bertz CT molecular complexity index is 395. The van der Waals surface area contributed by atoms with Crippen LogP contribution in [0.3, 0.4) is 0 Å². The van der Waals surface area contributed by atoms with Crippen LogP contribution in [0, 0.1) is 0 Å². The third-order valence-electron chi connectivity index (χ3n) is 2.04. The predicted molar refractivity (Wildman–Crippen MR) is 73.2 cm³/mol. The van der Waals surface area contributed by atoms with Gasteiger partial charge in [0.25, 0.3) is 0 Å². The van der Waals surface area contributed by atoms with E-state index in [1.165, 1.54) is 0 Å². The highest BCUT2D eigenvalue weighted by atomic mass is 127. The lowest BCUT2D eigenvalue weighted by Gasteiger charge is -2.05. The molecule has 0 saturated carbocycles. The summed E-state index contributed by atoms with van der Waals surface area (Å²) in [5.74, 6) is 0.137. The molecule has 1 rings (SSSR count). The van der Waals surface area contributed by atoms with E-state index in [0.29, 0.717) is 13.0 Å². The maximum atomic E-state index is 11.5. The van der Waals surface area contributed by atoms with Crippen LogP contribution < -0.4 is 4.72 Å². The van der Waals surface area contributed by atoms with Crippen molar-refractivity contribution < 1.29 is 8.42 Å². The van der Waals surface area contributed by atoms with Crippen molar-refractivity contribution in [1.82, 2.24) is 9.71 Å². The summed E-state index contributed by atoms with van der Waals surface area (Å²) in [6.45, 7) is 0.529. The van der Waals surface area contributed by atoms with Gasteiger partial charge in [-0.3, -0.25) is 4.98 Å². The molecule has 0 aliphatic heterocycles. The second-order valence-electron chi connectivity index (χ2n) is 3.36. The Labute approximate surface area is 110 Å². The summed E-state index contributed by atoms with van der Waals surface area (Å²) in [5.41, 5.74) is 0.995. The van der Waals surface area contributed by atoms with Crippen molar-refractivity contribution in [2.75, 3.05) is 16.7 Å². The molecule has 0 amide bonds. The highest BCUT2D eigenvalue weighted by Gasteiger charge is 2.08. The van der Waals surface area contributed by atoms with Gasteiger partial charge in [0.15, 0.2) is 0 Å². The van der Waals surface area contributed by atoms with Crippen LogP contribution in [0.1, 0.15) is 12.0 Å². The molecule has 0 spiro atoms. The van der Waals surface area contributed by atoms with Crippen molar-refractivity contribution in [3.05, 3.63) is 30.1 Å². The monoisotopic (exact) mass is 354 g/mol. The average Bonchev–Trinajstić information content (AvgIpc) is 2.28. The molecule has 0 aromatic carbocycles. The van der Waals surface area contributed by atoms with Gasteiger partial charge >= 0.3 is 0 Å². The SMILES string of the molecule is O=S(=O)(CCc1ccncc1)NCCCI. The Morgan fingerprint density at radius 3 is 2.62 bits per heavy atom. The minimum Gasteiger partial charge on any atom is -0.265 e. The maximum Gasteiger partial charge on any atom is 0.211 e. The third kappa shape index (κ3) is 5.76. The first kappa shape index (κ1) is 13.9. The molecule has 0 fully saturated rings. The molecule has 0 unspecified atom stereocenters. The van der Waals surface area contributed by atoms with Crippen LogP contribution >= 0.6 is 22.6 Å². The molecule has 0 atom stereocenters. The van der Waals surface area contributed by atoms with Crippen LogP contribution in [0.15, 0.2) is 24.5 Å². The van der Waals surface area contributed by atoms with Gasteiger partial charge in [0.1, 0.15) is 0 Å². The van der Waals surface area contributed by atoms with Gasteiger partial charge in [0, 0.05) is 23.4 Å². The third-order valence-corrected chi connectivity index (χ3v) is 4.19. The van der Waals surface area contributed by atoms with Gasteiger partial charge in [-0.05, 0) is 30.5 Å². The number of alkyl halides is 1. The number of rotatable bonds is 7. The standard InChI is InChI=1S/C10H15IN2O2S/c11-5-1-6-13-16(14,15)9-4-10-2-7-12-8-3-10/h2-3,7-8,13H,1,4-6,9H2. The largest absolute Gasteiger partial charge is 0.265 e. The van der Waals surface area contributed by atoms with Crippen LogP contribution in [0.25, 0.3) is 0 Å². The number of sulfonamides is 1. The normalized spacial score (nSPS) is 11.6. The summed E-state index contributed by atoms with van der Waals surface area (Å²) in [5, 5.41) is 0. The van der Waals surface area contributed by atoms with Crippen molar-refractivity contribution in [3.8, 4) is 0 Å². The fraction of sp³-hybridized carbons (Fsp3) is 0.500. The van der Waals surface area contributed by atoms with Gasteiger partial charge < -0.3 is 0 Å². The smallest absolute Gasteiger partial charge is 0.211 e. The zero-order valence-corrected chi connectivity index (χ0v) is 11.9. The van der Waals surface area contributed by atoms with E-state index in [-0.39, 0.29) is 5.75 Å². The van der Waals surface area contributed by atoms with Gasteiger partial charge in [-0.15, -0.1) is 0 Å². The molecular formula is C10H15IN2O2S. The topological polar surface area (TPSA) is 59.1 Å². The first-order chi connectivity index (χ1) is 7.64. The van der Waals surface area contributed by atoms with Crippen molar-refractivity contribution in [1.29, 1.82) is 0 Å². The van der Waals surface area contributed by atoms with E-state index in [1.54, 1.807) is 12.4 Å². The fourth-order valence-electron chi connectivity index (χ4n) is 1.17. The molecule has 90 valence electrons. The molecular weight excluding hydrogens is 339 g/mol. The summed E-state index contributed by atoms with van der Waals surface area (Å²) in [6.07, 6.45) is 4.74. The molecule has 4 nitrogen and oxygen atoms in total. The van der Waals surface area contributed by atoms with Crippen molar-refractivity contribution in [2.24, 2.45) is 0 Å². The molecule has 6 heteroatoms. The molecule has 0 aliphatic rings. The van der Waals surface area contributed by atoms with Gasteiger partial charge in [0.2, 0.25) is 10.0 Å². The van der Waals surface area contributed by atoms with Crippen molar-refractivity contribution >= 4 is 32.6 Å². The number of nitrogens with zero attached hydrogens (tertiary/aromatic N) is 1. The Morgan fingerprint density at radius 2 is 2.00 bits per heavy atom. The van der Waals surface area contributed by atoms with Crippen molar-refractivity contribution in [3.63, 3.8) is 0 Å². The second kappa shape index (κ2) is 7.18. The first-order valence-corrected chi connectivity index (χ1v) is 8.24. The van der Waals surface area contributed by atoms with Crippen LogP contribution in [0.4, 0.5) is 0 Å². The zero-order chi connectivity index (χ0) is 11.9. The first-order valence-electron chi connectivity index (χ1n) is 5.06. The fourth-order valence-corrected chi connectivity index (χ4v) is 2.65. The van der Waals surface area contributed by atoms with E-state index >= 15 is 0 Å². The second-order valence-corrected chi connectivity index (χ2v) is 6.37. The Kier molecular flexibility index (Phi) is 6.22. The lowest BCUT2D eigenvalue weighted by atomic mass is 10.2. The predicted octanol–water partition coefficient (Wildman–Crippen LogP) is 1.37. The Morgan fingerprint density at radius 1 is 1.31 bits per heavy atom. The number of hydrogen-bond donors (Lipinski definition) is 1. The Hall–Kier alpha value is -0.210. The lowest BCUT2D eigenvalue weighted by molar-refractivity contribution is 0.580. The van der Waals surface area contributed by atoms with E-state index in [1.807, 2.05) is 12.1 Å². The molecule has 0 aliphatic carbocycles. The van der Waals surface area contributed by atoms with E-state index in [9.17, 15) is 8.42 Å². The molecule has 0 saturated heterocycles. The number of hydrogen-bond acceptors (Lipinski definition) is 3. The number of pyridine rings is 1. The van der Waals surface area contributed by atoms with E-state index in [4.69, 9.17) is 0 Å². The van der Waals surface area contributed by atoms with Crippen LogP contribution in [-0.2, 0) is 16.4 Å².